The number of ether oxygens (including phenoxy) is 2. The minimum atomic E-state index is -4.74. The van der Waals surface area contributed by atoms with Gasteiger partial charge in [-0.1, -0.05) is 48.5 Å². The lowest BCUT2D eigenvalue weighted by atomic mass is 10.1. The summed E-state index contributed by atoms with van der Waals surface area (Å²) < 4.78 is 91.8. The van der Waals surface area contributed by atoms with Crippen LogP contribution in [-0.2, 0) is 47.3 Å². The first-order valence-corrected chi connectivity index (χ1v) is 16.0. The molecule has 0 aliphatic carbocycles. The molecule has 0 fully saturated rings. The molecule has 0 aliphatic heterocycles. The van der Waals surface area contributed by atoms with E-state index in [0.717, 1.165) is 49.6 Å². The van der Waals surface area contributed by atoms with Crippen LogP contribution >= 0.6 is 11.6 Å². The summed E-state index contributed by atoms with van der Waals surface area (Å²) in [5.74, 6) is -1.72. The Hall–Kier alpha value is -5.12. The van der Waals surface area contributed by atoms with E-state index in [1.54, 1.807) is 35.1 Å². The van der Waals surface area contributed by atoms with Gasteiger partial charge < -0.3 is 9.47 Å². The number of benzene rings is 2. The molecular weight excluding hydrogens is 706 g/mol. The van der Waals surface area contributed by atoms with Gasteiger partial charge in [0, 0.05) is 24.5 Å². The Balaban J connectivity index is 0.000000233. The van der Waals surface area contributed by atoms with E-state index >= 15 is 0 Å². The Kier molecular flexibility index (Phi) is 12.7. The summed E-state index contributed by atoms with van der Waals surface area (Å²) in [5.41, 5.74) is 0.821. The largest absolute Gasteiger partial charge is 0.462 e. The quantitative estimate of drug-likeness (QED) is 0.0783. The summed E-state index contributed by atoms with van der Waals surface area (Å²) in [6, 6.07) is 14.4. The van der Waals surface area contributed by atoms with Crippen LogP contribution in [0.4, 0.5) is 26.3 Å². The molecule has 0 saturated carbocycles. The molecule has 272 valence electrons. The Morgan fingerprint density at radius 1 is 0.647 bits per heavy atom. The summed E-state index contributed by atoms with van der Waals surface area (Å²) in [6.45, 7) is 5.78. The number of hydrogen-bond acceptors (Lipinski definition) is 7. The van der Waals surface area contributed by atoms with Crippen molar-refractivity contribution in [1.29, 1.82) is 0 Å². The van der Waals surface area contributed by atoms with Crippen LogP contribution in [0.15, 0.2) is 73.3 Å². The van der Waals surface area contributed by atoms with Gasteiger partial charge in [0.2, 0.25) is 0 Å². The average Bonchev–Trinajstić information content (AvgIpc) is 3.81. The molecule has 3 aromatic heterocycles. The van der Waals surface area contributed by atoms with Gasteiger partial charge in [-0.15, -0.1) is 11.6 Å². The van der Waals surface area contributed by atoms with Crippen molar-refractivity contribution in [1.82, 2.24) is 29.3 Å². The fourth-order valence-corrected chi connectivity index (χ4v) is 4.92. The lowest BCUT2D eigenvalue weighted by Gasteiger charge is -2.06. The topological polar surface area (TPSA) is 106 Å². The lowest BCUT2D eigenvalue weighted by Crippen LogP contribution is -2.14. The molecule has 10 nitrogen and oxygen atoms in total. The highest BCUT2D eigenvalue weighted by molar-refractivity contribution is 6.17. The molecule has 0 aliphatic rings. The van der Waals surface area contributed by atoms with Gasteiger partial charge in [0.15, 0.2) is 11.4 Å². The second-order valence-corrected chi connectivity index (χ2v) is 11.4. The van der Waals surface area contributed by atoms with E-state index in [9.17, 15) is 35.9 Å². The zero-order chi connectivity index (χ0) is 37.3. The number of halogens is 7. The van der Waals surface area contributed by atoms with E-state index in [1.807, 2.05) is 37.4 Å². The fourth-order valence-electron chi connectivity index (χ4n) is 4.74. The molecule has 17 heteroatoms. The summed E-state index contributed by atoms with van der Waals surface area (Å²) in [7, 11) is 0. The summed E-state index contributed by atoms with van der Waals surface area (Å²) in [6.07, 6.45) is -3.65. The second-order valence-electron chi connectivity index (χ2n) is 11.1. The number of carbonyl (C=O) groups is 2. The molecule has 0 N–H and O–H groups in total. The highest BCUT2D eigenvalue weighted by atomic mass is 35.5. The van der Waals surface area contributed by atoms with Crippen LogP contribution in [0.25, 0.3) is 0 Å². The normalized spacial score (nSPS) is 11.6. The average molecular weight is 739 g/mol. The SMILES string of the molecule is CCOC(=O)c1cn(Cc2ccc(CCl)cc2)nc1C(F)(F)F.CCOC(=O)c1cn(Cc2ccc(Cn3cc(C)cn3)cc2)nc1C(F)(F)F. The van der Waals surface area contributed by atoms with E-state index < -0.39 is 46.8 Å². The first-order chi connectivity index (χ1) is 24.1. The molecule has 0 radical (unpaired) electrons. The number of alkyl halides is 7. The number of aromatic nitrogens is 6. The monoisotopic (exact) mass is 738 g/mol. The maximum Gasteiger partial charge on any atom is 0.436 e. The summed E-state index contributed by atoms with van der Waals surface area (Å²) in [5, 5.41) is 11.3. The molecule has 5 rings (SSSR count). The lowest BCUT2D eigenvalue weighted by molar-refractivity contribution is -0.142. The van der Waals surface area contributed by atoms with Crippen LogP contribution in [-0.4, -0.2) is 54.5 Å². The number of aryl methyl sites for hydroxylation is 1. The Labute approximate surface area is 293 Å². The number of carbonyl (C=O) groups excluding carboxylic acids is 2. The molecule has 3 heterocycles. The standard InChI is InChI=1S/C19H19F3N4O2.C15H14ClF3N2O2/c1-3-28-18(27)16-12-26(24-17(16)19(20,21)22)11-15-6-4-14(5-7-15)10-25-9-13(2)8-23-25;1-2-23-14(22)12-9-21(20-13(12)15(17,18)19)8-11-5-3-10(7-16)4-6-11/h4-9,12H,3,10-11H2,1-2H3;3-6,9H,2,7-8H2,1H3. The smallest absolute Gasteiger partial charge is 0.436 e. The van der Waals surface area contributed by atoms with E-state index in [0.29, 0.717) is 12.4 Å². The predicted molar refractivity (Wildman–Crippen MR) is 173 cm³/mol. The fraction of sp³-hybridized carbons (Fsp3) is 0.324. The van der Waals surface area contributed by atoms with Crippen molar-refractivity contribution in [3.05, 3.63) is 124 Å². The number of rotatable bonds is 11. The van der Waals surface area contributed by atoms with E-state index in [4.69, 9.17) is 16.3 Å². The van der Waals surface area contributed by atoms with Crippen LogP contribution in [0, 0.1) is 6.92 Å². The minimum Gasteiger partial charge on any atom is -0.462 e. The number of hydrogen-bond donors (Lipinski definition) is 0. The zero-order valence-electron chi connectivity index (χ0n) is 27.6. The maximum atomic E-state index is 13.2. The van der Waals surface area contributed by atoms with E-state index in [-0.39, 0.29) is 26.3 Å². The predicted octanol–water partition coefficient (Wildman–Crippen LogP) is 7.55. The molecule has 0 spiro atoms. The molecule has 5 aromatic rings. The van der Waals surface area contributed by atoms with Crippen molar-refractivity contribution >= 4 is 23.5 Å². The van der Waals surface area contributed by atoms with Gasteiger partial charge in [-0.25, -0.2) is 9.59 Å². The van der Waals surface area contributed by atoms with Gasteiger partial charge in [-0.2, -0.15) is 41.6 Å². The van der Waals surface area contributed by atoms with E-state index in [1.165, 1.54) is 13.8 Å². The van der Waals surface area contributed by atoms with Crippen molar-refractivity contribution < 1.29 is 45.4 Å². The molecule has 0 unspecified atom stereocenters. The van der Waals surface area contributed by atoms with E-state index in [2.05, 4.69) is 20.0 Å². The molecule has 2 aromatic carbocycles. The second kappa shape index (κ2) is 16.7. The maximum absolute atomic E-state index is 13.2. The van der Waals surface area contributed by atoms with Crippen molar-refractivity contribution in [2.24, 2.45) is 0 Å². The van der Waals surface area contributed by atoms with Gasteiger partial charge in [0.1, 0.15) is 11.1 Å². The molecule has 0 saturated heterocycles. The van der Waals surface area contributed by atoms with Crippen LogP contribution in [0.5, 0.6) is 0 Å². The van der Waals surface area contributed by atoms with Gasteiger partial charge in [0.25, 0.3) is 0 Å². The third-order valence-electron chi connectivity index (χ3n) is 7.05. The van der Waals surface area contributed by atoms with Crippen molar-refractivity contribution in [3.8, 4) is 0 Å². The number of nitrogens with zero attached hydrogens (tertiary/aromatic N) is 6. The summed E-state index contributed by atoms with van der Waals surface area (Å²) in [4.78, 5) is 23.5. The third-order valence-corrected chi connectivity index (χ3v) is 7.36. The van der Waals surface area contributed by atoms with Crippen LogP contribution in [0.1, 0.15) is 73.8 Å². The van der Waals surface area contributed by atoms with Gasteiger partial charge >= 0.3 is 24.3 Å². The molecule has 0 bridgehead atoms. The number of esters is 2. The molecular formula is C34H33ClF6N6O4. The molecule has 0 amide bonds. The minimum absolute atomic E-state index is 0.0127. The first kappa shape index (κ1) is 38.7. The van der Waals surface area contributed by atoms with Crippen molar-refractivity contribution in [2.75, 3.05) is 13.2 Å². The van der Waals surface area contributed by atoms with Gasteiger partial charge in [0.05, 0.1) is 39.0 Å². The Bertz CT molecular complexity index is 1910. The Morgan fingerprint density at radius 3 is 1.33 bits per heavy atom. The van der Waals surface area contributed by atoms with Gasteiger partial charge in [-0.05, 0) is 48.6 Å². The summed E-state index contributed by atoms with van der Waals surface area (Å²) >= 11 is 5.68. The molecule has 51 heavy (non-hydrogen) atoms. The Morgan fingerprint density at radius 2 is 1.02 bits per heavy atom. The van der Waals surface area contributed by atoms with Crippen LogP contribution < -0.4 is 0 Å². The molecule has 0 atom stereocenters. The zero-order valence-corrected chi connectivity index (χ0v) is 28.4. The van der Waals surface area contributed by atoms with Crippen molar-refractivity contribution in [2.45, 2.75) is 58.6 Å². The highest BCUT2D eigenvalue weighted by Gasteiger charge is 2.40. The highest BCUT2D eigenvalue weighted by Crippen LogP contribution is 2.32. The third kappa shape index (κ3) is 10.7. The van der Waals surface area contributed by atoms with Crippen LogP contribution in [0.3, 0.4) is 0 Å². The van der Waals surface area contributed by atoms with Crippen LogP contribution in [0.2, 0.25) is 0 Å². The van der Waals surface area contributed by atoms with Crippen molar-refractivity contribution in [3.63, 3.8) is 0 Å². The first-order valence-electron chi connectivity index (χ1n) is 15.4. The van der Waals surface area contributed by atoms with Gasteiger partial charge in [-0.3, -0.25) is 14.0 Å².